The van der Waals surface area contributed by atoms with Crippen molar-refractivity contribution in [2.75, 3.05) is 32.8 Å². The molecule has 3 rings (SSSR count). The Morgan fingerprint density at radius 3 is 2.74 bits per heavy atom. The summed E-state index contributed by atoms with van der Waals surface area (Å²) in [6, 6.07) is 11.9. The number of thiophene rings is 1. The molecule has 1 saturated heterocycles. The standard InChI is InChI=1S/C17H19BrN2O2S/c18-14-5-2-1-4-13(14)17(21)19-12-15(16-6-3-11-23-16)20-7-9-22-10-8-20/h1-6,11,15H,7-10,12H2,(H,19,21)/t15-/m0/s1. The molecule has 4 nitrogen and oxygen atoms in total. The summed E-state index contributed by atoms with van der Waals surface area (Å²) in [5.74, 6) is -0.0488. The summed E-state index contributed by atoms with van der Waals surface area (Å²) in [7, 11) is 0. The molecule has 0 aliphatic carbocycles. The van der Waals surface area contributed by atoms with Crippen LogP contribution in [0.25, 0.3) is 0 Å². The fraction of sp³-hybridized carbons (Fsp3) is 0.353. The van der Waals surface area contributed by atoms with Gasteiger partial charge in [0.1, 0.15) is 0 Å². The third-order valence-electron chi connectivity index (χ3n) is 3.93. The number of carbonyl (C=O) groups excluding carboxylic acids is 1. The molecular weight excluding hydrogens is 376 g/mol. The van der Waals surface area contributed by atoms with Crippen LogP contribution >= 0.6 is 27.3 Å². The molecule has 1 aromatic heterocycles. The zero-order valence-corrected chi connectivity index (χ0v) is 15.1. The Kier molecular flexibility index (Phi) is 5.83. The highest BCUT2D eigenvalue weighted by atomic mass is 79.9. The number of amides is 1. The van der Waals surface area contributed by atoms with Crippen molar-refractivity contribution in [1.82, 2.24) is 10.2 Å². The Bertz CT molecular complexity index is 642. The lowest BCUT2D eigenvalue weighted by atomic mass is 10.1. The van der Waals surface area contributed by atoms with E-state index in [-0.39, 0.29) is 11.9 Å². The number of hydrogen-bond donors (Lipinski definition) is 1. The van der Waals surface area contributed by atoms with Crippen molar-refractivity contribution in [1.29, 1.82) is 0 Å². The first-order valence-corrected chi connectivity index (χ1v) is 9.31. The molecule has 1 N–H and O–H groups in total. The molecule has 1 amide bonds. The topological polar surface area (TPSA) is 41.6 Å². The van der Waals surface area contributed by atoms with E-state index in [4.69, 9.17) is 4.74 Å². The molecule has 1 atom stereocenters. The fourth-order valence-corrected chi connectivity index (χ4v) is 4.04. The van der Waals surface area contributed by atoms with E-state index < -0.39 is 0 Å². The Balaban J connectivity index is 1.69. The minimum Gasteiger partial charge on any atom is -0.379 e. The van der Waals surface area contributed by atoms with Crippen molar-refractivity contribution in [3.05, 3.63) is 56.7 Å². The predicted octanol–water partition coefficient (Wildman–Crippen LogP) is 3.31. The molecule has 0 spiro atoms. The molecule has 2 heterocycles. The molecule has 0 unspecified atom stereocenters. The highest BCUT2D eigenvalue weighted by molar-refractivity contribution is 9.10. The number of nitrogens with one attached hydrogen (secondary N) is 1. The van der Waals surface area contributed by atoms with Gasteiger partial charge in [-0.3, -0.25) is 9.69 Å². The van der Waals surface area contributed by atoms with Crippen LogP contribution in [0.4, 0.5) is 0 Å². The normalized spacial score (nSPS) is 16.9. The lowest BCUT2D eigenvalue weighted by Crippen LogP contribution is -2.43. The second kappa shape index (κ2) is 8.06. The van der Waals surface area contributed by atoms with Crippen LogP contribution in [0.1, 0.15) is 21.3 Å². The van der Waals surface area contributed by atoms with Crippen LogP contribution in [0.2, 0.25) is 0 Å². The number of benzene rings is 1. The Morgan fingerprint density at radius 1 is 1.26 bits per heavy atom. The molecule has 0 radical (unpaired) electrons. The zero-order valence-electron chi connectivity index (χ0n) is 12.7. The Labute approximate surface area is 148 Å². The van der Waals surface area contributed by atoms with E-state index in [1.165, 1.54) is 4.88 Å². The zero-order chi connectivity index (χ0) is 16.1. The maximum absolute atomic E-state index is 12.4. The highest BCUT2D eigenvalue weighted by Gasteiger charge is 2.24. The number of rotatable bonds is 5. The molecule has 6 heteroatoms. The van der Waals surface area contributed by atoms with E-state index in [2.05, 4.69) is 43.7 Å². The van der Waals surface area contributed by atoms with Crippen LogP contribution in [0.5, 0.6) is 0 Å². The molecule has 1 aromatic carbocycles. The smallest absolute Gasteiger partial charge is 0.252 e. The molecule has 0 bridgehead atoms. The van der Waals surface area contributed by atoms with E-state index in [0.29, 0.717) is 12.1 Å². The number of halogens is 1. The molecule has 1 fully saturated rings. The van der Waals surface area contributed by atoms with Crippen LogP contribution in [-0.2, 0) is 4.74 Å². The van der Waals surface area contributed by atoms with Gasteiger partial charge in [0.25, 0.3) is 5.91 Å². The van der Waals surface area contributed by atoms with Gasteiger partial charge in [-0.25, -0.2) is 0 Å². The van der Waals surface area contributed by atoms with Crippen molar-refractivity contribution < 1.29 is 9.53 Å². The summed E-state index contributed by atoms with van der Waals surface area (Å²) in [4.78, 5) is 16.1. The van der Waals surface area contributed by atoms with Crippen molar-refractivity contribution in [2.24, 2.45) is 0 Å². The van der Waals surface area contributed by atoms with Gasteiger partial charge in [-0.1, -0.05) is 18.2 Å². The van der Waals surface area contributed by atoms with E-state index in [1.54, 1.807) is 11.3 Å². The molecule has 1 aliphatic heterocycles. The van der Waals surface area contributed by atoms with Gasteiger partial charge >= 0.3 is 0 Å². The van der Waals surface area contributed by atoms with Crippen LogP contribution in [0.3, 0.4) is 0 Å². The van der Waals surface area contributed by atoms with Gasteiger partial charge in [0, 0.05) is 29.0 Å². The average molecular weight is 395 g/mol. The molecule has 122 valence electrons. The molecule has 1 aliphatic rings. The number of hydrogen-bond acceptors (Lipinski definition) is 4. The van der Waals surface area contributed by atoms with E-state index >= 15 is 0 Å². The number of ether oxygens (including phenoxy) is 1. The molecule has 23 heavy (non-hydrogen) atoms. The minimum absolute atomic E-state index is 0.0488. The second-order valence-corrected chi connectivity index (χ2v) is 7.20. The first-order chi connectivity index (χ1) is 11.3. The van der Waals surface area contributed by atoms with Crippen molar-refractivity contribution >= 4 is 33.2 Å². The summed E-state index contributed by atoms with van der Waals surface area (Å²) < 4.78 is 6.26. The lowest BCUT2D eigenvalue weighted by molar-refractivity contribution is 0.0169. The fourth-order valence-electron chi connectivity index (χ4n) is 2.71. The average Bonchev–Trinajstić information content (AvgIpc) is 3.10. The Hall–Kier alpha value is -1.21. The van der Waals surface area contributed by atoms with Gasteiger partial charge in [-0.15, -0.1) is 11.3 Å². The van der Waals surface area contributed by atoms with Gasteiger partial charge in [-0.05, 0) is 39.5 Å². The van der Waals surface area contributed by atoms with E-state index in [9.17, 15) is 4.79 Å². The summed E-state index contributed by atoms with van der Waals surface area (Å²) in [6.45, 7) is 3.89. The third kappa shape index (κ3) is 4.20. The number of carbonyl (C=O) groups is 1. The van der Waals surface area contributed by atoms with Gasteiger partial charge in [0.2, 0.25) is 0 Å². The summed E-state index contributed by atoms with van der Waals surface area (Å²) >= 11 is 5.17. The van der Waals surface area contributed by atoms with Gasteiger partial charge in [0.15, 0.2) is 0 Å². The van der Waals surface area contributed by atoms with Crippen molar-refractivity contribution in [3.8, 4) is 0 Å². The lowest BCUT2D eigenvalue weighted by Gasteiger charge is -2.34. The number of morpholine rings is 1. The van der Waals surface area contributed by atoms with Gasteiger partial charge in [-0.2, -0.15) is 0 Å². The van der Waals surface area contributed by atoms with Crippen LogP contribution in [0, 0.1) is 0 Å². The van der Waals surface area contributed by atoms with E-state index in [1.807, 2.05) is 24.3 Å². The molecule has 0 saturated carbocycles. The monoisotopic (exact) mass is 394 g/mol. The summed E-state index contributed by atoms with van der Waals surface area (Å²) in [6.07, 6.45) is 0. The second-order valence-electron chi connectivity index (χ2n) is 5.37. The largest absolute Gasteiger partial charge is 0.379 e. The predicted molar refractivity (Wildman–Crippen MR) is 95.9 cm³/mol. The maximum atomic E-state index is 12.4. The first kappa shape index (κ1) is 16.6. The minimum atomic E-state index is -0.0488. The van der Waals surface area contributed by atoms with Crippen molar-refractivity contribution in [3.63, 3.8) is 0 Å². The van der Waals surface area contributed by atoms with Crippen LogP contribution in [-0.4, -0.2) is 43.7 Å². The number of nitrogens with zero attached hydrogens (tertiary/aromatic N) is 1. The summed E-state index contributed by atoms with van der Waals surface area (Å²) in [5.41, 5.74) is 0.666. The first-order valence-electron chi connectivity index (χ1n) is 7.63. The Morgan fingerprint density at radius 2 is 2.04 bits per heavy atom. The molecular formula is C17H19BrN2O2S. The van der Waals surface area contributed by atoms with Crippen molar-refractivity contribution in [2.45, 2.75) is 6.04 Å². The highest BCUT2D eigenvalue weighted by Crippen LogP contribution is 2.25. The van der Waals surface area contributed by atoms with Gasteiger partial charge in [0.05, 0.1) is 24.8 Å². The molecule has 2 aromatic rings. The van der Waals surface area contributed by atoms with Crippen LogP contribution < -0.4 is 5.32 Å². The summed E-state index contributed by atoms with van der Waals surface area (Å²) in [5, 5.41) is 5.16. The maximum Gasteiger partial charge on any atom is 0.252 e. The SMILES string of the molecule is O=C(NC[C@@H](c1cccs1)N1CCOCC1)c1ccccc1Br. The third-order valence-corrected chi connectivity index (χ3v) is 5.60. The van der Waals surface area contributed by atoms with Crippen LogP contribution in [0.15, 0.2) is 46.3 Å². The van der Waals surface area contributed by atoms with Gasteiger partial charge < -0.3 is 10.1 Å². The van der Waals surface area contributed by atoms with E-state index in [0.717, 1.165) is 30.8 Å². The quantitative estimate of drug-likeness (QED) is 0.845.